The number of nitrogens with one attached hydrogen (secondary N) is 1. The maximum atomic E-state index is 12.3. The summed E-state index contributed by atoms with van der Waals surface area (Å²) in [4.78, 5) is 24.6. The van der Waals surface area contributed by atoms with Gasteiger partial charge in [0.1, 0.15) is 0 Å². The highest BCUT2D eigenvalue weighted by atomic mass is 35.5. The Morgan fingerprint density at radius 1 is 0.923 bits per heavy atom. The van der Waals surface area contributed by atoms with Crippen LogP contribution in [-0.4, -0.2) is 18.0 Å². The first kappa shape index (κ1) is 18.2. The minimum atomic E-state index is -1.01. The molecule has 1 amide bonds. The molecule has 3 aromatic carbocycles. The number of halogens is 2. The first-order chi connectivity index (χ1) is 12.5. The Kier molecular flexibility index (Phi) is 5.45. The first-order valence-electron chi connectivity index (χ1n) is 7.90. The summed E-state index contributed by atoms with van der Waals surface area (Å²) in [7, 11) is 0. The van der Waals surface area contributed by atoms with Gasteiger partial charge in [0.15, 0.2) is 6.10 Å². The van der Waals surface area contributed by atoms with Crippen LogP contribution in [-0.2, 0) is 9.53 Å². The van der Waals surface area contributed by atoms with Crippen LogP contribution in [0.5, 0.6) is 0 Å². The maximum Gasteiger partial charge on any atom is 0.341 e. The van der Waals surface area contributed by atoms with Crippen molar-refractivity contribution in [1.82, 2.24) is 0 Å². The molecule has 3 rings (SSSR count). The van der Waals surface area contributed by atoms with Crippen LogP contribution in [0.2, 0.25) is 10.0 Å². The fraction of sp³-hybridized carbons (Fsp3) is 0.100. The van der Waals surface area contributed by atoms with Gasteiger partial charge in [0.05, 0.1) is 15.6 Å². The lowest BCUT2D eigenvalue weighted by Crippen LogP contribution is -2.30. The van der Waals surface area contributed by atoms with Crippen molar-refractivity contribution in [3.8, 4) is 0 Å². The zero-order valence-electron chi connectivity index (χ0n) is 13.8. The van der Waals surface area contributed by atoms with E-state index >= 15 is 0 Å². The Morgan fingerprint density at radius 2 is 1.58 bits per heavy atom. The molecule has 0 spiro atoms. The highest BCUT2D eigenvalue weighted by Gasteiger charge is 2.22. The van der Waals surface area contributed by atoms with Crippen LogP contribution in [0.4, 0.5) is 5.69 Å². The Hall–Kier alpha value is -2.56. The van der Waals surface area contributed by atoms with Crippen LogP contribution in [0.15, 0.2) is 60.7 Å². The fourth-order valence-corrected chi connectivity index (χ4v) is 3.03. The summed E-state index contributed by atoms with van der Waals surface area (Å²) in [5.74, 6) is -1.20. The number of benzene rings is 3. The lowest BCUT2D eigenvalue weighted by molar-refractivity contribution is -0.123. The first-order valence-corrected chi connectivity index (χ1v) is 8.66. The van der Waals surface area contributed by atoms with E-state index in [2.05, 4.69) is 5.32 Å². The number of fused-ring (bicyclic) bond motifs is 1. The molecule has 0 heterocycles. The van der Waals surface area contributed by atoms with Gasteiger partial charge in [-0.05, 0) is 42.0 Å². The SMILES string of the molecule is C[C@@H](OC(=O)c1c(Cl)cccc1Cl)C(=O)Nc1ccc2ccccc2c1. The van der Waals surface area contributed by atoms with Crippen LogP contribution in [0.1, 0.15) is 17.3 Å². The number of hydrogen-bond donors (Lipinski definition) is 1. The van der Waals surface area contributed by atoms with Crippen molar-refractivity contribution in [2.24, 2.45) is 0 Å². The molecule has 0 saturated heterocycles. The van der Waals surface area contributed by atoms with Crippen molar-refractivity contribution in [1.29, 1.82) is 0 Å². The number of esters is 1. The summed E-state index contributed by atoms with van der Waals surface area (Å²) in [6, 6.07) is 18.0. The number of rotatable bonds is 4. The molecule has 1 atom stereocenters. The zero-order valence-corrected chi connectivity index (χ0v) is 15.3. The Labute approximate surface area is 160 Å². The standard InChI is InChI=1S/C20H15Cl2NO3/c1-12(26-20(25)18-16(21)7-4-8-17(18)22)19(24)23-15-10-9-13-5-2-3-6-14(13)11-15/h2-12H,1H3,(H,23,24)/t12-/m1/s1. The molecule has 0 bridgehead atoms. The topological polar surface area (TPSA) is 55.4 Å². The van der Waals surface area contributed by atoms with Crippen molar-refractivity contribution < 1.29 is 14.3 Å². The minimum Gasteiger partial charge on any atom is -0.449 e. The number of ether oxygens (including phenoxy) is 1. The molecular formula is C20H15Cl2NO3. The van der Waals surface area contributed by atoms with Crippen molar-refractivity contribution in [3.05, 3.63) is 76.3 Å². The van der Waals surface area contributed by atoms with Crippen LogP contribution < -0.4 is 5.32 Å². The number of amides is 1. The zero-order chi connectivity index (χ0) is 18.7. The van der Waals surface area contributed by atoms with Gasteiger partial charge in [-0.1, -0.05) is 59.6 Å². The highest BCUT2D eigenvalue weighted by Crippen LogP contribution is 2.25. The normalized spacial score (nSPS) is 11.8. The van der Waals surface area contributed by atoms with Crippen LogP contribution in [0.25, 0.3) is 10.8 Å². The van der Waals surface area contributed by atoms with Gasteiger partial charge in [-0.25, -0.2) is 4.79 Å². The van der Waals surface area contributed by atoms with Gasteiger partial charge < -0.3 is 10.1 Å². The second-order valence-corrected chi connectivity index (χ2v) is 6.51. The number of carbonyl (C=O) groups is 2. The second kappa shape index (κ2) is 7.77. The molecule has 3 aromatic rings. The average Bonchev–Trinajstić information content (AvgIpc) is 2.61. The van der Waals surface area contributed by atoms with Gasteiger partial charge in [0, 0.05) is 5.69 Å². The molecule has 6 heteroatoms. The summed E-state index contributed by atoms with van der Waals surface area (Å²) >= 11 is 12.0. The Morgan fingerprint density at radius 3 is 2.27 bits per heavy atom. The van der Waals surface area contributed by atoms with E-state index in [1.54, 1.807) is 12.1 Å². The van der Waals surface area contributed by atoms with Gasteiger partial charge in [-0.2, -0.15) is 0 Å². The molecule has 0 fully saturated rings. The van der Waals surface area contributed by atoms with E-state index in [0.29, 0.717) is 5.69 Å². The van der Waals surface area contributed by atoms with E-state index in [9.17, 15) is 9.59 Å². The molecule has 0 radical (unpaired) electrons. The Balaban J connectivity index is 1.70. The third-order valence-electron chi connectivity index (χ3n) is 3.84. The predicted octanol–water partition coefficient (Wildman–Crippen LogP) is 5.33. The smallest absolute Gasteiger partial charge is 0.341 e. The summed E-state index contributed by atoms with van der Waals surface area (Å²) in [6.07, 6.45) is -1.01. The van der Waals surface area contributed by atoms with Crippen molar-refractivity contribution >= 4 is 51.5 Å². The van der Waals surface area contributed by atoms with E-state index in [1.165, 1.54) is 19.1 Å². The third kappa shape index (κ3) is 3.98. The van der Waals surface area contributed by atoms with Crippen molar-refractivity contribution in [2.45, 2.75) is 13.0 Å². The van der Waals surface area contributed by atoms with E-state index < -0.39 is 18.0 Å². The van der Waals surface area contributed by atoms with Gasteiger partial charge in [0.25, 0.3) is 5.91 Å². The molecule has 132 valence electrons. The Bertz CT molecular complexity index is 967. The summed E-state index contributed by atoms with van der Waals surface area (Å²) in [5.41, 5.74) is 0.661. The summed E-state index contributed by atoms with van der Waals surface area (Å²) in [6.45, 7) is 1.49. The molecule has 1 N–H and O–H groups in total. The van der Waals surface area contributed by atoms with E-state index in [1.807, 2.05) is 36.4 Å². The number of hydrogen-bond acceptors (Lipinski definition) is 3. The van der Waals surface area contributed by atoms with Gasteiger partial charge in [0.2, 0.25) is 0 Å². The fourth-order valence-electron chi connectivity index (χ4n) is 2.48. The average molecular weight is 388 g/mol. The molecule has 0 aromatic heterocycles. The second-order valence-electron chi connectivity index (χ2n) is 5.70. The molecule has 0 aliphatic heterocycles. The third-order valence-corrected chi connectivity index (χ3v) is 4.47. The quantitative estimate of drug-likeness (QED) is 0.615. The van der Waals surface area contributed by atoms with E-state index in [-0.39, 0.29) is 15.6 Å². The highest BCUT2D eigenvalue weighted by molar-refractivity contribution is 6.39. The van der Waals surface area contributed by atoms with E-state index in [4.69, 9.17) is 27.9 Å². The predicted molar refractivity (Wildman–Crippen MR) is 104 cm³/mol. The lowest BCUT2D eigenvalue weighted by Gasteiger charge is -2.15. The van der Waals surface area contributed by atoms with Crippen molar-refractivity contribution in [3.63, 3.8) is 0 Å². The summed E-state index contributed by atoms with van der Waals surface area (Å²) in [5, 5.41) is 5.15. The summed E-state index contributed by atoms with van der Waals surface area (Å²) < 4.78 is 5.20. The molecule has 0 aliphatic carbocycles. The molecule has 4 nitrogen and oxygen atoms in total. The molecule has 0 unspecified atom stereocenters. The molecule has 0 saturated carbocycles. The maximum absolute atomic E-state index is 12.3. The number of carbonyl (C=O) groups excluding carboxylic acids is 2. The van der Waals surface area contributed by atoms with Gasteiger partial charge in [-0.3, -0.25) is 4.79 Å². The van der Waals surface area contributed by atoms with Gasteiger partial charge >= 0.3 is 5.97 Å². The largest absolute Gasteiger partial charge is 0.449 e. The minimum absolute atomic E-state index is 0.0428. The van der Waals surface area contributed by atoms with Crippen LogP contribution in [0, 0.1) is 0 Å². The molecule has 0 aliphatic rings. The van der Waals surface area contributed by atoms with E-state index in [0.717, 1.165) is 10.8 Å². The van der Waals surface area contributed by atoms with Crippen LogP contribution >= 0.6 is 23.2 Å². The van der Waals surface area contributed by atoms with Gasteiger partial charge in [-0.15, -0.1) is 0 Å². The van der Waals surface area contributed by atoms with Crippen molar-refractivity contribution in [2.75, 3.05) is 5.32 Å². The lowest BCUT2D eigenvalue weighted by atomic mass is 10.1. The monoisotopic (exact) mass is 387 g/mol. The van der Waals surface area contributed by atoms with Crippen LogP contribution in [0.3, 0.4) is 0 Å². The molecular weight excluding hydrogens is 373 g/mol. The number of anilines is 1. The molecule has 26 heavy (non-hydrogen) atoms.